The van der Waals surface area contributed by atoms with Gasteiger partial charge in [0.1, 0.15) is 11.6 Å². The van der Waals surface area contributed by atoms with Crippen molar-refractivity contribution in [3.05, 3.63) is 88.1 Å². The van der Waals surface area contributed by atoms with Gasteiger partial charge in [0.2, 0.25) is 0 Å². The lowest BCUT2D eigenvalue weighted by atomic mass is 10.0. The van der Waals surface area contributed by atoms with Crippen LogP contribution in [0.15, 0.2) is 49.1 Å². The molecule has 4 rings (SSSR count). The third-order valence-corrected chi connectivity index (χ3v) is 7.58. The Labute approximate surface area is 218 Å². The standard InChI is InChI=1S/C27H35N5O4S/c1-18-10-19(2)25(20(3)11-18)17-36-37(34,35)31-26(21(4)33)13-23-15-30-32(16-23)9-7-22-12-24-6-5-8-28-27(24)29-14-22/h10-12,14-16,26,31,33H,4-9,13,17H2,1-3H3,(H,28,29). The number of aromatic nitrogens is 3. The lowest BCUT2D eigenvalue weighted by Crippen LogP contribution is -2.38. The lowest BCUT2D eigenvalue weighted by molar-refractivity contribution is 0.288. The fourth-order valence-corrected chi connectivity index (χ4v) is 5.56. The molecule has 3 N–H and O–H groups in total. The number of nitrogens with one attached hydrogen (secondary N) is 2. The van der Waals surface area contributed by atoms with E-state index in [1.165, 1.54) is 5.56 Å². The third kappa shape index (κ3) is 7.18. The second-order valence-corrected chi connectivity index (χ2v) is 11.1. The summed E-state index contributed by atoms with van der Waals surface area (Å²) in [6, 6.07) is 5.22. The first-order valence-corrected chi connectivity index (χ1v) is 13.8. The Morgan fingerprint density at radius 3 is 2.70 bits per heavy atom. The fraction of sp³-hybridized carbons (Fsp3) is 0.407. The molecule has 198 valence electrons. The largest absolute Gasteiger partial charge is 0.511 e. The zero-order valence-corrected chi connectivity index (χ0v) is 22.4. The van der Waals surface area contributed by atoms with E-state index in [-0.39, 0.29) is 18.8 Å². The molecule has 0 fully saturated rings. The van der Waals surface area contributed by atoms with Crippen LogP contribution < -0.4 is 10.0 Å². The van der Waals surface area contributed by atoms with Gasteiger partial charge in [-0.1, -0.05) is 30.3 Å². The van der Waals surface area contributed by atoms with Gasteiger partial charge in [-0.3, -0.25) is 8.86 Å². The van der Waals surface area contributed by atoms with E-state index in [0.717, 1.165) is 65.0 Å². The quantitative estimate of drug-likeness (QED) is 0.326. The van der Waals surface area contributed by atoms with Gasteiger partial charge in [-0.15, -0.1) is 0 Å². The van der Waals surface area contributed by atoms with E-state index in [4.69, 9.17) is 4.18 Å². The zero-order valence-electron chi connectivity index (χ0n) is 21.6. The van der Waals surface area contributed by atoms with Crippen molar-refractivity contribution >= 4 is 16.1 Å². The van der Waals surface area contributed by atoms with E-state index in [1.54, 1.807) is 10.9 Å². The molecule has 1 aromatic carbocycles. The molecule has 0 amide bonds. The number of aryl methyl sites for hydroxylation is 6. The number of aliphatic hydroxyl groups is 1. The summed E-state index contributed by atoms with van der Waals surface area (Å²) >= 11 is 0. The van der Waals surface area contributed by atoms with E-state index in [2.05, 4.69) is 32.8 Å². The second-order valence-electron chi connectivity index (χ2n) is 9.70. The summed E-state index contributed by atoms with van der Waals surface area (Å²) in [6.07, 6.45) is 8.50. The van der Waals surface area contributed by atoms with Gasteiger partial charge >= 0.3 is 10.3 Å². The van der Waals surface area contributed by atoms with Crippen molar-refractivity contribution in [2.24, 2.45) is 0 Å². The second kappa shape index (κ2) is 11.5. The molecule has 0 saturated heterocycles. The molecule has 3 heterocycles. The molecule has 1 aliphatic heterocycles. The topological polar surface area (TPSA) is 118 Å². The first-order valence-electron chi connectivity index (χ1n) is 12.4. The minimum atomic E-state index is -4.15. The van der Waals surface area contributed by atoms with Gasteiger partial charge in [0.05, 0.1) is 18.8 Å². The Hall–Kier alpha value is -3.21. The van der Waals surface area contributed by atoms with Crippen LogP contribution in [0.2, 0.25) is 0 Å². The number of rotatable bonds is 11. The summed E-state index contributed by atoms with van der Waals surface area (Å²) in [5.41, 5.74) is 7.01. The van der Waals surface area contributed by atoms with Crippen LogP contribution in [0.25, 0.3) is 0 Å². The molecule has 9 nitrogen and oxygen atoms in total. The SMILES string of the molecule is C=C(O)C(Cc1cnn(CCc2cnc3c(c2)CCCN3)c1)NS(=O)(=O)OCc1c(C)cc(C)cc1C. The minimum Gasteiger partial charge on any atom is -0.511 e. The maximum Gasteiger partial charge on any atom is 0.336 e. The predicted molar refractivity (Wildman–Crippen MR) is 144 cm³/mol. The average Bonchev–Trinajstić information content (AvgIpc) is 3.28. The normalized spacial score (nSPS) is 14.1. The van der Waals surface area contributed by atoms with E-state index in [0.29, 0.717) is 6.54 Å². The summed E-state index contributed by atoms with van der Waals surface area (Å²) < 4.78 is 34.8. The highest BCUT2D eigenvalue weighted by Gasteiger charge is 2.23. The summed E-state index contributed by atoms with van der Waals surface area (Å²) in [7, 11) is -4.15. The van der Waals surface area contributed by atoms with Crippen molar-refractivity contribution in [3.8, 4) is 0 Å². The molecule has 0 aliphatic carbocycles. The van der Waals surface area contributed by atoms with Crippen LogP contribution in [0.4, 0.5) is 5.82 Å². The number of aliphatic hydroxyl groups excluding tert-OH is 1. The number of pyridine rings is 1. The third-order valence-electron chi connectivity index (χ3n) is 6.58. The number of benzene rings is 1. The fourth-order valence-electron chi connectivity index (χ4n) is 4.66. The van der Waals surface area contributed by atoms with Crippen molar-refractivity contribution in [3.63, 3.8) is 0 Å². The Kier molecular flexibility index (Phi) is 8.31. The van der Waals surface area contributed by atoms with Crippen LogP contribution in [0, 0.1) is 20.8 Å². The van der Waals surface area contributed by atoms with Crippen molar-refractivity contribution in [1.29, 1.82) is 0 Å². The van der Waals surface area contributed by atoms with Crippen LogP contribution in [0.3, 0.4) is 0 Å². The first kappa shape index (κ1) is 26.8. The number of hydrogen-bond acceptors (Lipinski definition) is 7. The number of fused-ring (bicyclic) bond motifs is 1. The molecule has 10 heteroatoms. The molecule has 0 radical (unpaired) electrons. The molecule has 1 atom stereocenters. The molecular formula is C27H35N5O4S. The summed E-state index contributed by atoms with van der Waals surface area (Å²) in [6.45, 7) is 10.9. The van der Waals surface area contributed by atoms with Crippen LogP contribution in [-0.2, 0) is 46.9 Å². The average molecular weight is 526 g/mol. The highest BCUT2D eigenvalue weighted by molar-refractivity contribution is 7.84. The van der Waals surface area contributed by atoms with Crippen molar-refractivity contribution in [2.75, 3.05) is 11.9 Å². The lowest BCUT2D eigenvalue weighted by Gasteiger charge is -2.18. The number of anilines is 1. The molecule has 3 aromatic rings. The maximum atomic E-state index is 12.6. The van der Waals surface area contributed by atoms with Crippen molar-refractivity contribution in [1.82, 2.24) is 19.5 Å². The molecule has 0 saturated carbocycles. The maximum absolute atomic E-state index is 12.6. The molecule has 37 heavy (non-hydrogen) atoms. The Morgan fingerprint density at radius 1 is 1.22 bits per heavy atom. The van der Waals surface area contributed by atoms with E-state index in [9.17, 15) is 13.5 Å². The first-order chi connectivity index (χ1) is 17.6. The zero-order chi connectivity index (χ0) is 26.6. The van der Waals surface area contributed by atoms with Crippen molar-refractivity contribution < 1.29 is 17.7 Å². The van der Waals surface area contributed by atoms with Gasteiger partial charge in [0.15, 0.2) is 0 Å². The minimum absolute atomic E-state index is 0.0938. The van der Waals surface area contributed by atoms with Gasteiger partial charge in [-0.25, -0.2) is 4.98 Å². The van der Waals surface area contributed by atoms with E-state index < -0.39 is 16.3 Å². The highest BCUT2D eigenvalue weighted by Crippen LogP contribution is 2.21. The Balaban J connectivity index is 1.34. The monoisotopic (exact) mass is 525 g/mol. The van der Waals surface area contributed by atoms with Gasteiger partial charge in [-0.2, -0.15) is 18.2 Å². The summed E-state index contributed by atoms with van der Waals surface area (Å²) in [5, 5.41) is 17.8. The van der Waals surface area contributed by atoms with Crippen molar-refractivity contribution in [2.45, 2.75) is 65.6 Å². The van der Waals surface area contributed by atoms with Crippen LogP contribution >= 0.6 is 0 Å². The molecule has 0 bridgehead atoms. The van der Waals surface area contributed by atoms with Gasteiger partial charge in [0.25, 0.3) is 0 Å². The number of hydrogen-bond donors (Lipinski definition) is 3. The highest BCUT2D eigenvalue weighted by atomic mass is 32.2. The van der Waals surface area contributed by atoms with E-state index >= 15 is 0 Å². The Morgan fingerprint density at radius 2 is 1.97 bits per heavy atom. The van der Waals surface area contributed by atoms with E-state index in [1.807, 2.05) is 45.3 Å². The van der Waals surface area contributed by atoms with Gasteiger partial charge in [-0.05, 0) is 79.8 Å². The van der Waals surface area contributed by atoms with Crippen LogP contribution in [0.5, 0.6) is 0 Å². The van der Waals surface area contributed by atoms with Gasteiger partial charge < -0.3 is 10.4 Å². The molecule has 0 spiro atoms. The van der Waals surface area contributed by atoms with Gasteiger partial charge in [0, 0.05) is 25.5 Å². The summed E-state index contributed by atoms with van der Waals surface area (Å²) in [4.78, 5) is 4.52. The van der Waals surface area contributed by atoms with Crippen LogP contribution in [-0.4, -0.2) is 40.9 Å². The Bertz CT molecular complexity index is 1360. The summed E-state index contributed by atoms with van der Waals surface area (Å²) in [5.74, 6) is 0.679. The smallest absolute Gasteiger partial charge is 0.336 e. The molecule has 1 unspecified atom stereocenters. The molecule has 2 aromatic heterocycles. The number of nitrogens with zero attached hydrogens (tertiary/aromatic N) is 3. The molecule has 1 aliphatic rings. The predicted octanol–water partition coefficient (Wildman–Crippen LogP) is 3.84. The molecular weight excluding hydrogens is 490 g/mol. The van der Waals surface area contributed by atoms with Crippen LogP contribution in [0.1, 0.15) is 45.4 Å².